The van der Waals surface area contributed by atoms with E-state index >= 15 is 0 Å². The molecule has 0 N–H and O–H groups in total. The van der Waals surface area contributed by atoms with Gasteiger partial charge in [0.1, 0.15) is 4.90 Å². The first-order valence-electron chi connectivity index (χ1n) is 7.05. The first-order valence-corrected chi connectivity index (χ1v) is 8.49. The van der Waals surface area contributed by atoms with Crippen LogP contribution in [0, 0.1) is 6.92 Å². The Kier molecular flexibility index (Phi) is 3.78. The van der Waals surface area contributed by atoms with E-state index in [4.69, 9.17) is 0 Å². The second kappa shape index (κ2) is 5.58. The highest BCUT2D eigenvalue weighted by Crippen LogP contribution is 2.33. The van der Waals surface area contributed by atoms with E-state index in [0.29, 0.717) is 6.54 Å². The van der Waals surface area contributed by atoms with Gasteiger partial charge in [0.2, 0.25) is 10.0 Å². The number of nitrogens with zero attached hydrogens (tertiary/aromatic N) is 2. The molecule has 110 valence electrons. The lowest BCUT2D eigenvalue weighted by molar-refractivity contribution is 0.398. The third-order valence-corrected chi connectivity index (χ3v) is 5.50. The van der Waals surface area contributed by atoms with Gasteiger partial charge >= 0.3 is 0 Å². The van der Waals surface area contributed by atoms with Crippen LogP contribution in [0.3, 0.4) is 0 Å². The lowest BCUT2D eigenvalue weighted by atomic mass is 10.1. The quantitative estimate of drug-likeness (QED) is 0.853. The molecule has 0 spiro atoms. The number of benzene rings is 1. The van der Waals surface area contributed by atoms with E-state index < -0.39 is 10.0 Å². The van der Waals surface area contributed by atoms with Gasteiger partial charge in [0.15, 0.2) is 0 Å². The Balaban J connectivity index is 1.92. The molecule has 0 unspecified atom stereocenters. The summed E-state index contributed by atoms with van der Waals surface area (Å²) >= 11 is 0. The Bertz CT molecular complexity index is 725. The number of hydrogen-bond donors (Lipinski definition) is 0. The Labute approximate surface area is 125 Å². The molecule has 0 bridgehead atoms. The topological polar surface area (TPSA) is 50.3 Å². The van der Waals surface area contributed by atoms with Crippen LogP contribution < -0.4 is 0 Å². The molecule has 21 heavy (non-hydrogen) atoms. The molecule has 1 saturated carbocycles. The SMILES string of the molecule is Cc1cccc(CN(C2CC2)S(=O)(=O)c2cccnc2)c1. The lowest BCUT2D eigenvalue weighted by Gasteiger charge is -2.22. The van der Waals surface area contributed by atoms with Crippen LogP contribution in [-0.2, 0) is 16.6 Å². The van der Waals surface area contributed by atoms with Crippen molar-refractivity contribution in [3.05, 3.63) is 59.9 Å². The first-order chi connectivity index (χ1) is 10.1. The van der Waals surface area contributed by atoms with E-state index in [9.17, 15) is 8.42 Å². The lowest BCUT2D eigenvalue weighted by Crippen LogP contribution is -2.32. The molecule has 0 radical (unpaired) electrons. The monoisotopic (exact) mass is 302 g/mol. The van der Waals surface area contributed by atoms with Crippen LogP contribution in [0.15, 0.2) is 53.7 Å². The second-order valence-corrected chi connectivity index (χ2v) is 7.35. The molecule has 1 aliphatic rings. The largest absolute Gasteiger partial charge is 0.263 e. The highest BCUT2D eigenvalue weighted by atomic mass is 32.2. The summed E-state index contributed by atoms with van der Waals surface area (Å²) in [6, 6.07) is 11.4. The predicted octanol–water partition coefficient (Wildman–Crippen LogP) is 2.74. The standard InChI is InChI=1S/C16H18N2O2S/c1-13-4-2-5-14(10-13)12-18(15-7-8-15)21(19,20)16-6-3-9-17-11-16/h2-6,9-11,15H,7-8,12H2,1H3. The highest BCUT2D eigenvalue weighted by molar-refractivity contribution is 7.89. The molecular weight excluding hydrogens is 284 g/mol. The number of pyridine rings is 1. The Morgan fingerprint density at radius 3 is 2.67 bits per heavy atom. The van der Waals surface area contributed by atoms with Gasteiger partial charge < -0.3 is 0 Å². The molecule has 1 aliphatic carbocycles. The molecule has 5 heteroatoms. The van der Waals surface area contributed by atoms with Gasteiger partial charge in [-0.2, -0.15) is 4.31 Å². The van der Waals surface area contributed by atoms with Crippen molar-refractivity contribution in [3.63, 3.8) is 0 Å². The Morgan fingerprint density at radius 1 is 1.24 bits per heavy atom. The van der Waals surface area contributed by atoms with E-state index in [1.54, 1.807) is 22.6 Å². The molecule has 3 rings (SSSR count). The average molecular weight is 302 g/mol. The van der Waals surface area contributed by atoms with Gasteiger partial charge in [0.25, 0.3) is 0 Å². The molecule has 1 fully saturated rings. The van der Waals surface area contributed by atoms with Gasteiger partial charge in [-0.3, -0.25) is 4.98 Å². The molecule has 0 saturated heterocycles. The maximum absolute atomic E-state index is 12.8. The van der Waals surface area contributed by atoms with Crippen molar-refractivity contribution in [2.45, 2.75) is 37.2 Å². The Morgan fingerprint density at radius 2 is 2.05 bits per heavy atom. The maximum atomic E-state index is 12.8. The van der Waals surface area contributed by atoms with E-state index in [0.717, 1.165) is 24.0 Å². The fourth-order valence-corrected chi connectivity index (χ4v) is 4.04. The van der Waals surface area contributed by atoms with Crippen LogP contribution in [0.5, 0.6) is 0 Å². The fraction of sp³-hybridized carbons (Fsp3) is 0.312. The summed E-state index contributed by atoms with van der Waals surface area (Å²) in [6.45, 7) is 2.43. The highest BCUT2D eigenvalue weighted by Gasteiger charge is 2.38. The molecule has 1 heterocycles. The number of rotatable bonds is 5. The molecule has 0 amide bonds. The maximum Gasteiger partial charge on any atom is 0.245 e. The predicted molar refractivity (Wildman–Crippen MR) is 81.2 cm³/mol. The molecule has 4 nitrogen and oxygen atoms in total. The third kappa shape index (κ3) is 3.14. The summed E-state index contributed by atoms with van der Waals surface area (Å²) in [5.74, 6) is 0. The van der Waals surface area contributed by atoms with Crippen LogP contribution in [0.4, 0.5) is 0 Å². The average Bonchev–Trinajstić information content (AvgIpc) is 3.30. The van der Waals surface area contributed by atoms with E-state index in [-0.39, 0.29) is 10.9 Å². The summed E-state index contributed by atoms with van der Waals surface area (Å²) in [5.41, 5.74) is 2.16. The van der Waals surface area contributed by atoms with Gasteiger partial charge in [-0.1, -0.05) is 29.8 Å². The van der Waals surface area contributed by atoms with Gasteiger partial charge in [0, 0.05) is 25.0 Å². The zero-order valence-corrected chi connectivity index (χ0v) is 12.8. The third-order valence-electron chi connectivity index (χ3n) is 3.62. The summed E-state index contributed by atoms with van der Waals surface area (Å²) < 4.78 is 27.2. The minimum Gasteiger partial charge on any atom is -0.263 e. The van der Waals surface area contributed by atoms with Crippen LogP contribution in [-0.4, -0.2) is 23.7 Å². The van der Waals surface area contributed by atoms with Crippen LogP contribution >= 0.6 is 0 Å². The van der Waals surface area contributed by atoms with Crippen molar-refractivity contribution in [1.82, 2.24) is 9.29 Å². The molecular formula is C16H18N2O2S. The van der Waals surface area contributed by atoms with Crippen molar-refractivity contribution in [2.75, 3.05) is 0 Å². The molecule has 1 aromatic carbocycles. The van der Waals surface area contributed by atoms with Gasteiger partial charge in [-0.25, -0.2) is 8.42 Å². The number of aryl methyl sites for hydroxylation is 1. The first kappa shape index (κ1) is 14.2. The fourth-order valence-electron chi connectivity index (χ4n) is 2.40. The number of hydrogen-bond acceptors (Lipinski definition) is 3. The smallest absolute Gasteiger partial charge is 0.245 e. The molecule has 0 atom stereocenters. The zero-order valence-electron chi connectivity index (χ0n) is 11.9. The van der Waals surface area contributed by atoms with Crippen molar-refractivity contribution in [2.24, 2.45) is 0 Å². The summed E-state index contributed by atoms with van der Waals surface area (Å²) in [4.78, 5) is 4.20. The minimum absolute atomic E-state index is 0.121. The van der Waals surface area contributed by atoms with Crippen molar-refractivity contribution >= 4 is 10.0 Å². The summed E-state index contributed by atoms with van der Waals surface area (Å²) in [7, 11) is -3.48. The number of aromatic nitrogens is 1. The minimum atomic E-state index is -3.48. The number of sulfonamides is 1. The molecule has 1 aromatic heterocycles. The van der Waals surface area contributed by atoms with Crippen LogP contribution in [0.25, 0.3) is 0 Å². The molecule has 0 aliphatic heterocycles. The summed E-state index contributed by atoms with van der Waals surface area (Å²) in [6.07, 6.45) is 4.87. The van der Waals surface area contributed by atoms with Gasteiger partial charge in [-0.15, -0.1) is 0 Å². The van der Waals surface area contributed by atoms with E-state index in [1.165, 1.54) is 6.20 Å². The van der Waals surface area contributed by atoms with E-state index in [1.807, 2.05) is 31.2 Å². The van der Waals surface area contributed by atoms with E-state index in [2.05, 4.69) is 4.98 Å². The van der Waals surface area contributed by atoms with Gasteiger partial charge in [0.05, 0.1) is 0 Å². The van der Waals surface area contributed by atoms with Crippen molar-refractivity contribution in [1.29, 1.82) is 0 Å². The second-order valence-electron chi connectivity index (χ2n) is 5.46. The Hall–Kier alpha value is -1.72. The van der Waals surface area contributed by atoms with Crippen LogP contribution in [0.2, 0.25) is 0 Å². The summed E-state index contributed by atoms with van der Waals surface area (Å²) in [5, 5.41) is 0. The zero-order chi connectivity index (χ0) is 14.9. The van der Waals surface area contributed by atoms with Crippen molar-refractivity contribution in [3.8, 4) is 0 Å². The van der Waals surface area contributed by atoms with Crippen LogP contribution in [0.1, 0.15) is 24.0 Å². The molecule has 2 aromatic rings. The van der Waals surface area contributed by atoms with Gasteiger partial charge in [-0.05, 0) is 37.5 Å². The normalized spacial score (nSPS) is 15.3. The van der Waals surface area contributed by atoms with Crippen molar-refractivity contribution < 1.29 is 8.42 Å².